The average molecular weight is 380 g/mol. The minimum absolute atomic E-state index is 0.0284. The molecule has 0 saturated carbocycles. The highest BCUT2D eigenvalue weighted by molar-refractivity contribution is 6.31. The molecular weight excluding hydrogens is 357 g/mol. The van der Waals surface area contributed by atoms with Gasteiger partial charge in [0.1, 0.15) is 11.6 Å². The maximum absolute atomic E-state index is 13.5. The zero-order valence-electron chi connectivity index (χ0n) is 14.9. The Balaban J connectivity index is 1.57. The first-order valence-electron chi connectivity index (χ1n) is 8.65. The summed E-state index contributed by atoms with van der Waals surface area (Å²) in [5, 5.41) is 6.15. The first-order chi connectivity index (χ1) is 12.5. The number of hydrogen-bond donors (Lipinski definition) is 2. The molecule has 0 spiro atoms. The third kappa shape index (κ3) is 3.99. The van der Waals surface area contributed by atoms with Gasteiger partial charge in [-0.2, -0.15) is 0 Å². The van der Waals surface area contributed by atoms with Crippen LogP contribution in [0.4, 0.5) is 9.18 Å². The lowest BCUT2D eigenvalue weighted by atomic mass is 10.2. The number of carbonyl (C=O) groups excluding carboxylic acids is 1. The van der Waals surface area contributed by atoms with Gasteiger partial charge < -0.3 is 20.1 Å². The van der Waals surface area contributed by atoms with Crippen LogP contribution in [0.25, 0.3) is 0 Å². The third-order valence-corrected chi connectivity index (χ3v) is 5.18. The van der Waals surface area contributed by atoms with Gasteiger partial charge in [0.25, 0.3) is 0 Å². The van der Waals surface area contributed by atoms with Gasteiger partial charge in [0.2, 0.25) is 0 Å². The molecule has 8 heteroatoms. The monoisotopic (exact) mass is 379 g/mol. The highest BCUT2D eigenvalue weighted by Crippen LogP contribution is 2.19. The summed E-state index contributed by atoms with van der Waals surface area (Å²) in [4.78, 5) is 18.5. The van der Waals surface area contributed by atoms with Crippen LogP contribution in [0.5, 0.6) is 0 Å². The summed E-state index contributed by atoms with van der Waals surface area (Å²) < 4.78 is 15.7. The van der Waals surface area contributed by atoms with Gasteiger partial charge in [0, 0.05) is 51.9 Å². The van der Waals surface area contributed by atoms with E-state index in [0.29, 0.717) is 12.0 Å². The lowest BCUT2D eigenvalue weighted by molar-refractivity contribution is 0.192. The molecule has 0 unspecified atom stereocenters. The van der Waals surface area contributed by atoms with Gasteiger partial charge in [-0.1, -0.05) is 23.7 Å². The fourth-order valence-corrected chi connectivity index (χ4v) is 3.21. The number of hydrogen-bond acceptors (Lipinski definition) is 3. The Morgan fingerprint density at radius 2 is 2.35 bits per heavy atom. The second-order valence-electron chi connectivity index (χ2n) is 6.53. The molecule has 140 valence electrons. The number of halogens is 2. The van der Waals surface area contributed by atoms with Crippen molar-refractivity contribution in [2.24, 2.45) is 0 Å². The summed E-state index contributed by atoms with van der Waals surface area (Å²) in [5.41, 5.74) is 1.72. The van der Waals surface area contributed by atoms with Crippen molar-refractivity contribution in [2.75, 3.05) is 13.6 Å². The third-order valence-electron chi connectivity index (χ3n) is 4.76. The fraction of sp³-hybridized carbons (Fsp3) is 0.444. The first-order valence-corrected chi connectivity index (χ1v) is 9.02. The number of urea groups is 1. The Morgan fingerprint density at radius 3 is 3.15 bits per heavy atom. The van der Waals surface area contributed by atoms with Crippen LogP contribution in [0.1, 0.15) is 24.0 Å². The molecule has 0 saturated heterocycles. The van der Waals surface area contributed by atoms with Crippen molar-refractivity contribution in [1.29, 1.82) is 0 Å². The van der Waals surface area contributed by atoms with Gasteiger partial charge in [-0.15, -0.1) is 0 Å². The van der Waals surface area contributed by atoms with E-state index in [1.165, 1.54) is 11.8 Å². The Bertz CT molecular complexity index is 794. The maximum atomic E-state index is 13.5. The number of rotatable bonds is 5. The highest BCUT2D eigenvalue weighted by atomic mass is 35.5. The summed E-state index contributed by atoms with van der Waals surface area (Å²) in [5.74, 6) is 0.500. The quantitative estimate of drug-likeness (QED) is 0.839. The number of amides is 2. The molecule has 2 aromatic rings. The van der Waals surface area contributed by atoms with E-state index in [1.807, 2.05) is 13.1 Å². The molecule has 6 nitrogen and oxygen atoms in total. The highest BCUT2D eigenvalue weighted by Gasteiger charge is 2.20. The lowest BCUT2D eigenvalue weighted by Crippen LogP contribution is -2.43. The summed E-state index contributed by atoms with van der Waals surface area (Å²) in [6, 6.07) is 4.30. The smallest absolute Gasteiger partial charge is 0.317 e. The molecular formula is C18H23ClFN5O. The van der Waals surface area contributed by atoms with Crippen LogP contribution in [0, 0.1) is 5.82 Å². The molecule has 1 aliphatic rings. The van der Waals surface area contributed by atoms with E-state index in [9.17, 15) is 9.18 Å². The molecule has 26 heavy (non-hydrogen) atoms. The van der Waals surface area contributed by atoms with Gasteiger partial charge >= 0.3 is 6.03 Å². The van der Waals surface area contributed by atoms with Crippen molar-refractivity contribution in [3.8, 4) is 0 Å². The summed E-state index contributed by atoms with van der Waals surface area (Å²) in [7, 11) is 1.74. The molecule has 0 aliphatic carbocycles. The van der Waals surface area contributed by atoms with Crippen molar-refractivity contribution in [1.82, 2.24) is 25.1 Å². The molecule has 0 bridgehead atoms. The van der Waals surface area contributed by atoms with Crippen LogP contribution in [-0.2, 0) is 26.1 Å². The average Bonchev–Trinajstić information content (AvgIpc) is 3.05. The molecule has 2 amide bonds. The first kappa shape index (κ1) is 18.7. The topological polar surface area (TPSA) is 62.2 Å². The molecule has 2 N–H and O–H groups in total. The minimum atomic E-state index is -0.487. The van der Waals surface area contributed by atoms with E-state index < -0.39 is 5.82 Å². The van der Waals surface area contributed by atoms with E-state index >= 15 is 0 Å². The SMILES string of the molecule is C[C@@H](Cc1ncc2n1CCNC2)N(C)C(=O)NCc1cccc(F)c1Cl. The predicted octanol–water partition coefficient (Wildman–Crippen LogP) is 2.55. The molecule has 1 aromatic heterocycles. The number of nitrogens with one attached hydrogen (secondary N) is 2. The van der Waals surface area contributed by atoms with E-state index in [-0.39, 0.29) is 23.6 Å². The van der Waals surface area contributed by atoms with Gasteiger partial charge in [-0.25, -0.2) is 14.2 Å². The minimum Gasteiger partial charge on any atom is -0.334 e. The molecule has 1 aromatic carbocycles. The standard InChI is InChI=1S/C18H23ClFN5O/c1-12(8-16-22-11-14-10-21-6-7-25(14)16)24(2)18(26)23-9-13-4-3-5-15(20)17(13)19/h3-5,11-12,21H,6-10H2,1-2H3,(H,23,26)/t12-/m0/s1. The number of benzene rings is 1. The Labute approximate surface area is 157 Å². The number of likely N-dealkylation sites (N-methyl/N-ethyl adjacent to an activating group) is 1. The number of imidazole rings is 1. The van der Waals surface area contributed by atoms with Gasteiger partial charge in [0.05, 0.1) is 10.7 Å². The van der Waals surface area contributed by atoms with Crippen LogP contribution in [0.3, 0.4) is 0 Å². The fourth-order valence-electron chi connectivity index (χ4n) is 3.02. The van der Waals surface area contributed by atoms with Gasteiger partial charge in [-0.3, -0.25) is 0 Å². The predicted molar refractivity (Wildman–Crippen MR) is 98.5 cm³/mol. The number of carbonyl (C=O) groups is 1. The molecule has 0 fully saturated rings. The molecule has 1 aliphatic heterocycles. The second-order valence-corrected chi connectivity index (χ2v) is 6.91. The maximum Gasteiger partial charge on any atom is 0.317 e. The largest absolute Gasteiger partial charge is 0.334 e. The second kappa shape index (κ2) is 8.05. The number of aromatic nitrogens is 2. The molecule has 2 heterocycles. The van der Waals surface area contributed by atoms with Crippen LogP contribution >= 0.6 is 11.6 Å². The van der Waals surface area contributed by atoms with E-state index in [0.717, 1.165) is 25.5 Å². The van der Waals surface area contributed by atoms with E-state index in [1.54, 1.807) is 24.1 Å². The summed E-state index contributed by atoms with van der Waals surface area (Å²) >= 11 is 5.93. The van der Waals surface area contributed by atoms with Crippen molar-refractivity contribution in [3.05, 3.63) is 52.3 Å². The van der Waals surface area contributed by atoms with E-state index in [4.69, 9.17) is 11.6 Å². The zero-order valence-corrected chi connectivity index (χ0v) is 15.7. The van der Waals surface area contributed by atoms with Crippen molar-refractivity contribution in [3.63, 3.8) is 0 Å². The van der Waals surface area contributed by atoms with E-state index in [2.05, 4.69) is 20.2 Å². The molecule has 1 atom stereocenters. The number of nitrogens with zero attached hydrogens (tertiary/aromatic N) is 3. The Kier molecular flexibility index (Phi) is 5.78. The molecule has 3 rings (SSSR count). The van der Waals surface area contributed by atoms with Crippen LogP contribution in [-0.4, -0.2) is 40.1 Å². The molecule has 0 radical (unpaired) electrons. The van der Waals surface area contributed by atoms with Crippen molar-refractivity contribution >= 4 is 17.6 Å². The zero-order chi connectivity index (χ0) is 18.7. The summed E-state index contributed by atoms with van der Waals surface area (Å²) in [6.07, 6.45) is 2.56. The van der Waals surface area contributed by atoms with Crippen LogP contribution in [0.2, 0.25) is 5.02 Å². The number of fused-ring (bicyclic) bond motifs is 1. The Morgan fingerprint density at radius 1 is 1.54 bits per heavy atom. The van der Waals surface area contributed by atoms with Crippen molar-refractivity contribution < 1.29 is 9.18 Å². The Hall–Kier alpha value is -2.12. The lowest BCUT2D eigenvalue weighted by Gasteiger charge is -2.26. The van der Waals surface area contributed by atoms with Gasteiger partial charge in [-0.05, 0) is 18.6 Å². The normalized spacial score (nSPS) is 14.6. The van der Waals surface area contributed by atoms with Gasteiger partial charge in [0.15, 0.2) is 0 Å². The van der Waals surface area contributed by atoms with Crippen LogP contribution in [0.15, 0.2) is 24.4 Å². The van der Waals surface area contributed by atoms with Crippen LogP contribution < -0.4 is 10.6 Å². The summed E-state index contributed by atoms with van der Waals surface area (Å²) in [6.45, 7) is 4.81. The van der Waals surface area contributed by atoms with Crippen molar-refractivity contribution in [2.45, 2.75) is 39.0 Å².